The second-order valence-corrected chi connectivity index (χ2v) is 9.76. The van der Waals surface area contributed by atoms with Crippen molar-refractivity contribution in [2.24, 2.45) is 0 Å². The number of hydrogen-bond acceptors (Lipinski definition) is 5. The zero-order valence-corrected chi connectivity index (χ0v) is 20.1. The van der Waals surface area contributed by atoms with E-state index in [0.29, 0.717) is 23.1 Å². The number of nitrogens with one attached hydrogen (secondary N) is 1. The van der Waals surface area contributed by atoms with Crippen LogP contribution in [0.15, 0.2) is 71.6 Å². The molecule has 0 heterocycles. The minimum atomic E-state index is -3.77. The van der Waals surface area contributed by atoms with E-state index >= 15 is 0 Å². The SMILES string of the molecule is CCOc1ccc(NC(=O)COc2ccc(-c3ccccc3)cc2Cl)cc1S(=O)(=O)N(C)C. The van der Waals surface area contributed by atoms with Gasteiger partial charge in [-0.1, -0.05) is 48.0 Å². The van der Waals surface area contributed by atoms with E-state index in [9.17, 15) is 13.2 Å². The number of benzene rings is 3. The fraction of sp³-hybridized carbons (Fsp3) is 0.208. The lowest BCUT2D eigenvalue weighted by atomic mass is 10.1. The molecule has 33 heavy (non-hydrogen) atoms. The van der Waals surface area contributed by atoms with Gasteiger partial charge in [-0.15, -0.1) is 0 Å². The molecule has 1 amide bonds. The lowest BCUT2D eigenvalue weighted by Crippen LogP contribution is -2.24. The lowest BCUT2D eigenvalue weighted by molar-refractivity contribution is -0.118. The summed E-state index contributed by atoms with van der Waals surface area (Å²) in [5.74, 6) is 0.121. The summed E-state index contributed by atoms with van der Waals surface area (Å²) in [6.45, 7) is 1.77. The Labute approximate surface area is 198 Å². The fourth-order valence-electron chi connectivity index (χ4n) is 3.03. The van der Waals surface area contributed by atoms with E-state index in [1.165, 1.54) is 26.2 Å². The highest BCUT2D eigenvalue weighted by Crippen LogP contribution is 2.31. The van der Waals surface area contributed by atoms with Crippen molar-refractivity contribution in [1.82, 2.24) is 4.31 Å². The minimum Gasteiger partial charge on any atom is -0.492 e. The highest BCUT2D eigenvalue weighted by Gasteiger charge is 2.23. The molecular weight excluding hydrogens is 464 g/mol. The first-order valence-electron chi connectivity index (χ1n) is 10.2. The van der Waals surface area contributed by atoms with Gasteiger partial charge in [-0.3, -0.25) is 4.79 Å². The maximum absolute atomic E-state index is 12.6. The molecule has 0 aliphatic rings. The molecular formula is C24H25ClN2O5S. The van der Waals surface area contributed by atoms with Crippen LogP contribution in [-0.4, -0.2) is 45.9 Å². The smallest absolute Gasteiger partial charge is 0.262 e. The molecule has 0 radical (unpaired) electrons. The van der Waals surface area contributed by atoms with Gasteiger partial charge in [-0.2, -0.15) is 0 Å². The van der Waals surface area contributed by atoms with Gasteiger partial charge >= 0.3 is 0 Å². The van der Waals surface area contributed by atoms with Crippen LogP contribution >= 0.6 is 11.6 Å². The van der Waals surface area contributed by atoms with Crippen LogP contribution in [0.2, 0.25) is 5.02 Å². The zero-order valence-electron chi connectivity index (χ0n) is 18.5. The van der Waals surface area contributed by atoms with E-state index in [1.807, 2.05) is 36.4 Å². The molecule has 0 saturated heterocycles. The van der Waals surface area contributed by atoms with E-state index in [2.05, 4.69) is 5.32 Å². The van der Waals surface area contributed by atoms with Gasteiger partial charge in [0, 0.05) is 19.8 Å². The Bertz CT molecular complexity index is 1230. The number of hydrogen-bond donors (Lipinski definition) is 1. The second kappa shape index (κ2) is 10.7. The first-order valence-corrected chi connectivity index (χ1v) is 12.0. The van der Waals surface area contributed by atoms with E-state index < -0.39 is 15.9 Å². The van der Waals surface area contributed by atoms with Crippen molar-refractivity contribution in [1.29, 1.82) is 0 Å². The molecule has 0 unspecified atom stereocenters. The molecule has 9 heteroatoms. The second-order valence-electron chi connectivity index (χ2n) is 7.23. The standard InChI is InChI=1S/C24H25ClN2O5S/c1-4-31-22-13-11-19(15-23(22)33(29,30)27(2)3)26-24(28)16-32-21-12-10-18(14-20(21)25)17-8-6-5-7-9-17/h5-15H,4,16H2,1-3H3,(H,26,28). The van der Waals surface area contributed by atoms with Gasteiger partial charge in [0.1, 0.15) is 16.4 Å². The summed E-state index contributed by atoms with van der Waals surface area (Å²) in [6, 6.07) is 19.5. The Balaban J connectivity index is 1.70. The molecule has 1 N–H and O–H groups in total. The van der Waals surface area contributed by atoms with Crippen LogP contribution in [0, 0.1) is 0 Å². The van der Waals surface area contributed by atoms with Crippen molar-refractivity contribution >= 4 is 33.2 Å². The number of nitrogens with zero attached hydrogens (tertiary/aromatic N) is 1. The predicted octanol–water partition coefficient (Wildman–Crippen LogP) is 4.67. The topological polar surface area (TPSA) is 84.9 Å². The summed E-state index contributed by atoms with van der Waals surface area (Å²) >= 11 is 6.33. The quantitative estimate of drug-likeness (QED) is 0.473. The number of halogens is 1. The summed E-state index contributed by atoms with van der Waals surface area (Å²) in [5, 5.41) is 3.02. The summed E-state index contributed by atoms with van der Waals surface area (Å²) < 4.78 is 37.4. The number of carbonyl (C=O) groups is 1. The van der Waals surface area contributed by atoms with Gasteiger partial charge in [0.25, 0.3) is 5.91 Å². The first-order chi connectivity index (χ1) is 15.7. The van der Waals surface area contributed by atoms with Crippen LogP contribution in [0.5, 0.6) is 11.5 Å². The van der Waals surface area contributed by atoms with E-state index in [0.717, 1.165) is 15.4 Å². The summed E-state index contributed by atoms with van der Waals surface area (Å²) in [4.78, 5) is 12.4. The molecule has 0 aliphatic carbocycles. The number of sulfonamides is 1. The molecule has 3 rings (SSSR count). The molecule has 3 aromatic carbocycles. The third-order valence-corrected chi connectivity index (χ3v) is 6.82. The minimum absolute atomic E-state index is 0.0346. The van der Waals surface area contributed by atoms with Crippen LogP contribution in [-0.2, 0) is 14.8 Å². The van der Waals surface area contributed by atoms with Crippen LogP contribution < -0.4 is 14.8 Å². The molecule has 0 spiro atoms. The Morgan fingerprint density at radius 2 is 1.64 bits per heavy atom. The zero-order chi connectivity index (χ0) is 24.0. The summed E-state index contributed by atoms with van der Waals surface area (Å²) in [7, 11) is -0.913. The largest absolute Gasteiger partial charge is 0.492 e. The van der Waals surface area contributed by atoms with E-state index in [4.69, 9.17) is 21.1 Å². The van der Waals surface area contributed by atoms with Crippen molar-refractivity contribution < 1.29 is 22.7 Å². The van der Waals surface area contributed by atoms with Crippen LogP contribution in [0.4, 0.5) is 5.69 Å². The highest BCUT2D eigenvalue weighted by molar-refractivity contribution is 7.89. The van der Waals surface area contributed by atoms with E-state index in [1.54, 1.807) is 25.1 Å². The maximum Gasteiger partial charge on any atom is 0.262 e. The Morgan fingerprint density at radius 1 is 0.939 bits per heavy atom. The third-order valence-electron chi connectivity index (χ3n) is 4.68. The van der Waals surface area contributed by atoms with Crippen molar-refractivity contribution in [2.45, 2.75) is 11.8 Å². The number of amides is 1. The molecule has 0 bridgehead atoms. The normalized spacial score (nSPS) is 11.3. The molecule has 3 aromatic rings. The molecule has 0 fully saturated rings. The average Bonchev–Trinajstić information content (AvgIpc) is 2.79. The van der Waals surface area contributed by atoms with Gasteiger partial charge in [0.05, 0.1) is 11.6 Å². The van der Waals surface area contributed by atoms with Crippen LogP contribution in [0.25, 0.3) is 11.1 Å². The van der Waals surface area contributed by atoms with Crippen LogP contribution in [0.3, 0.4) is 0 Å². The third kappa shape index (κ3) is 6.04. The predicted molar refractivity (Wildman–Crippen MR) is 129 cm³/mol. The molecule has 174 valence electrons. The summed E-state index contributed by atoms with van der Waals surface area (Å²) in [6.07, 6.45) is 0. The van der Waals surface area contributed by atoms with Crippen molar-refractivity contribution in [3.8, 4) is 22.6 Å². The highest BCUT2D eigenvalue weighted by atomic mass is 35.5. The lowest BCUT2D eigenvalue weighted by Gasteiger charge is -2.17. The van der Waals surface area contributed by atoms with Gasteiger partial charge in [0.15, 0.2) is 6.61 Å². The number of rotatable bonds is 9. The molecule has 0 atom stereocenters. The van der Waals surface area contributed by atoms with E-state index in [-0.39, 0.29) is 17.3 Å². The Morgan fingerprint density at radius 3 is 2.27 bits per heavy atom. The number of carbonyl (C=O) groups excluding carboxylic acids is 1. The Kier molecular flexibility index (Phi) is 7.97. The monoisotopic (exact) mass is 488 g/mol. The summed E-state index contributed by atoms with van der Waals surface area (Å²) in [5.41, 5.74) is 2.25. The van der Waals surface area contributed by atoms with Gasteiger partial charge in [-0.25, -0.2) is 12.7 Å². The van der Waals surface area contributed by atoms with Crippen LogP contribution in [0.1, 0.15) is 6.92 Å². The first kappa shape index (κ1) is 24.6. The number of anilines is 1. The van der Waals surface area contributed by atoms with Crippen molar-refractivity contribution in [3.63, 3.8) is 0 Å². The van der Waals surface area contributed by atoms with Gasteiger partial charge in [0.2, 0.25) is 10.0 Å². The van der Waals surface area contributed by atoms with Gasteiger partial charge < -0.3 is 14.8 Å². The molecule has 0 aliphatic heterocycles. The van der Waals surface area contributed by atoms with Gasteiger partial charge in [-0.05, 0) is 48.4 Å². The van der Waals surface area contributed by atoms with Crippen molar-refractivity contribution in [3.05, 3.63) is 71.8 Å². The molecule has 0 saturated carbocycles. The number of ether oxygens (including phenoxy) is 2. The molecule has 7 nitrogen and oxygen atoms in total. The molecule has 0 aromatic heterocycles. The maximum atomic E-state index is 12.6. The fourth-order valence-corrected chi connectivity index (χ4v) is 4.31. The van der Waals surface area contributed by atoms with Crippen molar-refractivity contribution in [2.75, 3.05) is 32.6 Å². The Hall–Kier alpha value is -3.07. The average molecular weight is 489 g/mol.